The minimum Gasteiger partial charge on any atom is -0.465 e. The Morgan fingerprint density at radius 3 is 3.11 bits per heavy atom. The zero-order valence-corrected chi connectivity index (χ0v) is 11.0. The predicted molar refractivity (Wildman–Crippen MR) is 72.2 cm³/mol. The van der Waals surface area contributed by atoms with E-state index in [9.17, 15) is 4.79 Å². The first-order valence-corrected chi connectivity index (χ1v) is 6.64. The molecule has 0 aliphatic heterocycles. The summed E-state index contributed by atoms with van der Waals surface area (Å²) in [6.07, 6.45) is 5.95. The molecule has 0 saturated heterocycles. The summed E-state index contributed by atoms with van der Waals surface area (Å²) in [6, 6.07) is 6.39. The van der Waals surface area contributed by atoms with Gasteiger partial charge in [-0.25, -0.2) is 4.98 Å². The van der Waals surface area contributed by atoms with Crippen molar-refractivity contribution in [3.8, 4) is 0 Å². The number of anilines is 1. The molecule has 0 atom stereocenters. The number of ether oxygens (including phenoxy) is 1. The van der Waals surface area contributed by atoms with E-state index < -0.39 is 0 Å². The van der Waals surface area contributed by atoms with Gasteiger partial charge in [0, 0.05) is 18.4 Å². The van der Waals surface area contributed by atoms with Crippen molar-refractivity contribution in [2.24, 2.45) is 0 Å². The smallest absolute Gasteiger partial charge is 0.325 e. The van der Waals surface area contributed by atoms with Crippen LogP contribution in [0.2, 0.25) is 0 Å². The number of fused-ring (bicyclic) bond motifs is 1. The Morgan fingerprint density at radius 1 is 1.53 bits per heavy atom. The maximum Gasteiger partial charge on any atom is 0.325 e. The number of carbonyl (C=O) groups excluding carboxylic acids is 1. The van der Waals surface area contributed by atoms with Crippen LogP contribution in [0.5, 0.6) is 0 Å². The molecule has 2 heterocycles. The van der Waals surface area contributed by atoms with Gasteiger partial charge in [0.25, 0.3) is 0 Å². The quantitative estimate of drug-likeness (QED) is 0.769. The number of rotatable bonds is 5. The average Bonchev–Trinajstić information content (AvgIpc) is 3.13. The molecular formula is C14H17N3O2. The second-order valence-corrected chi connectivity index (χ2v) is 4.70. The van der Waals surface area contributed by atoms with E-state index in [0.29, 0.717) is 19.2 Å². The lowest BCUT2D eigenvalue weighted by Gasteiger charge is -2.24. The molecule has 1 aliphatic carbocycles. The van der Waals surface area contributed by atoms with Gasteiger partial charge in [-0.2, -0.15) is 0 Å². The molecule has 2 aromatic rings. The van der Waals surface area contributed by atoms with Crippen molar-refractivity contribution >= 4 is 17.4 Å². The Hall–Kier alpha value is -2.04. The first-order valence-electron chi connectivity index (χ1n) is 6.64. The number of imidazole rings is 1. The Balaban J connectivity index is 1.91. The van der Waals surface area contributed by atoms with Crippen LogP contribution in [0.4, 0.5) is 5.82 Å². The third kappa shape index (κ3) is 2.41. The Morgan fingerprint density at radius 2 is 2.37 bits per heavy atom. The maximum atomic E-state index is 11.7. The van der Waals surface area contributed by atoms with E-state index in [1.165, 1.54) is 0 Å². The van der Waals surface area contributed by atoms with Gasteiger partial charge in [0.2, 0.25) is 0 Å². The SMILES string of the molecule is CCOC(=O)CN(c1cccc2nccn12)C1CC1. The molecule has 0 N–H and O–H groups in total. The van der Waals surface area contributed by atoms with E-state index in [4.69, 9.17) is 4.74 Å². The molecule has 0 aromatic carbocycles. The summed E-state index contributed by atoms with van der Waals surface area (Å²) in [7, 11) is 0. The van der Waals surface area contributed by atoms with Crippen LogP contribution in [0.1, 0.15) is 19.8 Å². The van der Waals surface area contributed by atoms with Crippen molar-refractivity contribution < 1.29 is 9.53 Å². The molecule has 1 fully saturated rings. The number of hydrogen-bond acceptors (Lipinski definition) is 4. The van der Waals surface area contributed by atoms with E-state index in [-0.39, 0.29) is 5.97 Å². The van der Waals surface area contributed by atoms with E-state index in [2.05, 4.69) is 9.88 Å². The van der Waals surface area contributed by atoms with Crippen molar-refractivity contribution in [1.82, 2.24) is 9.38 Å². The molecular weight excluding hydrogens is 242 g/mol. The van der Waals surface area contributed by atoms with Crippen molar-refractivity contribution in [3.63, 3.8) is 0 Å². The van der Waals surface area contributed by atoms with Gasteiger partial charge >= 0.3 is 5.97 Å². The molecule has 5 nitrogen and oxygen atoms in total. The van der Waals surface area contributed by atoms with E-state index in [1.54, 1.807) is 6.20 Å². The molecule has 0 unspecified atom stereocenters. The predicted octanol–water partition coefficient (Wildman–Crippen LogP) is 1.87. The monoisotopic (exact) mass is 259 g/mol. The van der Waals surface area contributed by atoms with Gasteiger partial charge in [-0.1, -0.05) is 6.07 Å². The maximum absolute atomic E-state index is 11.7. The van der Waals surface area contributed by atoms with Gasteiger partial charge in [0.05, 0.1) is 6.61 Å². The van der Waals surface area contributed by atoms with Crippen LogP contribution in [0, 0.1) is 0 Å². The lowest BCUT2D eigenvalue weighted by Crippen LogP contribution is -2.34. The fraction of sp³-hybridized carbons (Fsp3) is 0.429. The van der Waals surface area contributed by atoms with Crippen LogP contribution < -0.4 is 4.90 Å². The van der Waals surface area contributed by atoms with Crippen LogP contribution in [-0.2, 0) is 9.53 Å². The zero-order valence-electron chi connectivity index (χ0n) is 11.0. The van der Waals surface area contributed by atoms with Crippen molar-refractivity contribution in [1.29, 1.82) is 0 Å². The van der Waals surface area contributed by atoms with Crippen LogP contribution in [0.15, 0.2) is 30.6 Å². The molecule has 0 bridgehead atoms. The Bertz CT molecular complexity index is 589. The summed E-state index contributed by atoms with van der Waals surface area (Å²) in [5.41, 5.74) is 0.895. The van der Waals surface area contributed by atoms with E-state index in [1.807, 2.05) is 35.7 Å². The Labute approximate surface area is 111 Å². The topological polar surface area (TPSA) is 46.8 Å². The fourth-order valence-corrected chi connectivity index (χ4v) is 2.30. The largest absolute Gasteiger partial charge is 0.465 e. The molecule has 0 radical (unpaired) electrons. The van der Waals surface area contributed by atoms with Gasteiger partial charge in [-0.3, -0.25) is 9.20 Å². The average molecular weight is 259 g/mol. The molecule has 100 valence electrons. The first kappa shape index (κ1) is 12.0. The number of aromatic nitrogens is 2. The second kappa shape index (κ2) is 4.91. The van der Waals surface area contributed by atoms with Crippen LogP contribution >= 0.6 is 0 Å². The van der Waals surface area contributed by atoms with E-state index in [0.717, 1.165) is 24.3 Å². The summed E-state index contributed by atoms with van der Waals surface area (Å²) in [4.78, 5) is 18.1. The van der Waals surface area contributed by atoms with Crippen LogP contribution in [0.25, 0.3) is 5.65 Å². The molecule has 0 amide bonds. The fourth-order valence-electron chi connectivity index (χ4n) is 2.30. The summed E-state index contributed by atoms with van der Waals surface area (Å²) < 4.78 is 7.07. The highest BCUT2D eigenvalue weighted by Crippen LogP contribution is 2.31. The molecule has 19 heavy (non-hydrogen) atoms. The molecule has 1 aliphatic rings. The molecule has 2 aromatic heterocycles. The number of carbonyl (C=O) groups is 1. The molecule has 0 spiro atoms. The van der Waals surface area contributed by atoms with Crippen LogP contribution in [-0.4, -0.2) is 34.5 Å². The summed E-state index contributed by atoms with van der Waals surface area (Å²) in [5.74, 6) is 0.831. The minimum absolute atomic E-state index is 0.175. The first-order chi connectivity index (χ1) is 9.29. The summed E-state index contributed by atoms with van der Waals surface area (Å²) in [6.45, 7) is 2.55. The van der Waals surface area contributed by atoms with E-state index >= 15 is 0 Å². The second-order valence-electron chi connectivity index (χ2n) is 4.70. The van der Waals surface area contributed by atoms with Crippen molar-refractivity contribution in [2.45, 2.75) is 25.8 Å². The van der Waals surface area contributed by atoms with Gasteiger partial charge < -0.3 is 9.64 Å². The lowest BCUT2D eigenvalue weighted by atomic mass is 10.3. The molecule has 3 rings (SSSR count). The summed E-state index contributed by atoms with van der Waals surface area (Å²) in [5, 5.41) is 0. The highest BCUT2D eigenvalue weighted by molar-refractivity contribution is 5.76. The highest BCUT2D eigenvalue weighted by atomic mass is 16.5. The normalized spacial score (nSPS) is 14.6. The molecule has 1 saturated carbocycles. The number of nitrogens with zero attached hydrogens (tertiary/aromatic N) is 3. The zero-order chi connectivity index (χ0) is 13.2. The number of esters is 1. The lowest BCUT2D eigenvalue weighted by molar-refractivity contribution is -0.141. The Kier molecular flexibility index (Phi) is 3.11. The third-order valence-corrected chi connectivity index (χ3v) is 3.29. The highest BCUT2D eigenvalue weighted by Gasteiger charge is 2.32. The van der Waals surface area contributed by atoms with Gasteiger partial charge in [-0.05, 0) is 31.9 Å². The van der Waals surface area contributed by atoms with Gasteiger partial charge in [0.1, 0.15) is 18.0 Å². The third-order valence-electron chi connectivity index (χ3n) is 3.29. The van der Waals surface area contributed by atoms with Crippen molar-refractivity contribution in [2.75, 3.05) is 18.1 Å². The summed E-state index contributed by atoms with van der Waals surface area (Å²) >= 11 is 0. The number of pyridine rings is 1. The minimum atomic E-state index is -0.175. The van der Waals surface area contributed by atoms with Gasteiger partial charge in [-0.15, -0.1) is 0 Å². The van der Waals surface area contributed by atoms with Crippen LogP contribution in [0.3, 0.4) is 0 Å². The molecule has 5 heteroatoms. The van der Waals surface area contributed by atoms with Crippen molar-refractivity contribution in [3.05, 3.63) is 30.6 Å². The number of hydrogen-bond donors (Lipinski definition) is 0. The standard InChI is InChI=1S/C14H17N3O2/c1-2-19-14(18)10-17(11-6-7-11)13-5-3-4-12-15-8-9-16(12)13/h3-5,8-9,11H,2,6-7,10H2,1H3. The van der Waals surface area contributed by atoms with Gasteiger partial charge in [0.15, 0.2) is 0 Å².